The van der Waals surface area contributed by atoms with Crippen LogP contribution in [-0.4, -0.2) is 43.8 Å². The summed E-state index contributed by atoms with van der Waals surface area (Å²) < 4.78 is 29.3. The fourth-order valence-electron chi connectivity index (χ4n) is 5.54. The summed E-state index contributed by atoms with van der Waals surface area (Å²) >= 11 is 6.21. The van der Waals surface area contributed by atoms with Crippen LogP contribution in [0.5, 0.6) is 0 Å². The van der Waals surface area contributed by atoms with Crippen LogP contribution in [-0.2, 0) is 26.2 Å². The van der Waals surface area contributed by atoms with Gasteiger partial charge in [0.2, 0.25) is 11.8 Å². The summed E-state index contributed by atoms with van der Waals surface area (Å²) in [7, 11) is -4.14. The van der Waals surface area contributed by atoms with Gasteiger partial charge in [0.1, 0.15) is 12.6 Å². The quantitative estimate of drug-likeness (QED) is 0.275. The van der Waals surface area contributed by atoms with Crippen LogP contribution >= 0.6 is 11.6 Å². The lowest BCUT2D eigenvalue weighted by atomic mass is 10.1. The van der Waals surface area contributed by atoms with Gasteiger partial charge in [-0.25, -0.2) is 8.42 Å². The number of nitrogens with one attached hydrogen (secondary N) is 1. The molecular formula is C33H40ClN3O4S. The number of aryl methyl sites for hydroxylation is 3. The standard InChI is InChI=1S/C33H40ClN3O4S/c1-5-30(33(39)35-28-11-6-7-12-28)36(21-26-10-8-9-24(3)19-26)32(38)22-37(31-18-15-27(34)20-25(31)4)42(40,41)29-16-13-23(2)14-17-29/h8-10,13-20,28,30H,5-7,11-12,21-22H2,1-4H3,(H,35,39). The van der Waals surface area contributed by atoms with Crippen molar-refractivity contribution < 1.29 is 18.0 Å². The van der Waals surface area contributed by atoms with Crippen LogP contribution in [0.15, 0.2) is 71.6 Å². The van der Waals surface area contributed by atoms with Crippen LogP contribution in [0.4, 0.5) is 5.69 Å². The molecule has 1 aliphatic rings. The molecule has 1 fully saturated rings. The Balaban J connectivity index is 1.74. The number of halogens is 1. The Morgan fingerprint density at radius 1 is 0.952 bits per heavy atom. The molecule has 7 nitrogen and oxygen atoms in total. The van der Waals surface area contributed by atoms with Gasteiger partial charge in [-0.2, -0.15) is 0 Å². The van der Waals surface area contributed by atoms with Crippen molar-refractivity contribution in [3.63, 3.8) is 0 Å². The molecule has 42 heavy (non-hydrogen) atoms. The fraction of sp³-hybridized carbons (Fsp3) is 0.394. The Hall–Kier alpha value is -3.36. The molecule has 1 unspecified atom stereocenters. The number of carbonyl (C=O) groups excluding carboxylic acids is 2. The first-order valence-corrected chi connectivity index (χ1v) is 16.3. The molecule has 1 atom stereocenters. The van der Waals surface area contributed by atoms with Crippen LogP contribution in [0.2, 0.25) is 5.02 Å². The average Bonchev–Trinajstić information content (AvgIpc) is 3.45. The molecule has 3 aromatic rings. The van der Waals surface area contributed by atoms with Crippen LogP contribution < -0.4 is 9.62 Å². The summed E-state index contributed by atoms with van der Waals surface area (Å²) in [5.74, 6) is -0.670. The van der Waals surface area contributed by atoms with Gasteiger partial charge in [0.25, 0.3) is 10.0 Å². The monoisotopic (exact) mass is 609 g/mol. The Labute approximate surface area is 254 Å². The molecule has 4 rings (SSSR count). The van der Waals surface area contributed by atoms with Crippen molar-refractivity contribution in [2.45, 2.75) is 83.3 Å². The molecule has 0 aliphatic heterocycles. The van der Waals surface area contributed by atoms with E-state index in [9.17, 15) is 18.0 Å². The van der Waals surface area contributed by atoms with Crippen molar-refractivity contribution in [1.82, 2.24) is 10.2 Å². The number of carbonyl (C=O) groups is 2. The summed E-state index contributed by atoms with van der Waals surface area (Å²) in [4.78, 5) is 29.5. The van der Waals surface area contributed by atoms with E-state index in [1.165, 1.54) is 4.90 Å². The number of hydrogen-bond acceptors (Lipinski definition) is 4. The van der Waals surface area contributed by atoms with Gasteiger partial charge < -0.3 is 10.2 Å². The molecule has 0 bridgehead atoms. The highest BCUT2D eigenvalue weighted by Crippen LogP contribution is 2.30. The third-order valence-electron chi connectivity index (χ3n) is 7.84. The van der Waals surface area contributed by atoms with E-state index < -0.39 is 28.5 Å². The maximum Gasteiger partial charge on any atom is 0.264 e. The summed E-state index contributed by atoms with van der Waals surface area (Å²) in [6, 6.07) is 18.6. The third kappa shape index (κ3) is 7.53. The second-order valence-electron chi connectivity index (χ2n) is 11.2. The maximum atomic E-state index is 14.3. The van der Waals surface area contributed by atoms with E-state index in [0.717, 1.165) is 46.7 Å². The van der Waals surface area contributed by atoms with E-state index in [0.29, 0.717) is 22.7 Å². The van der Waals surface area contributed by atoms with E-state index in [1.54, 1.807) is 49.4 Å². The number of sulfonamides is 1. The predicted molar refractivity (Wildman–Crippen MR) is 168 cm³/mol. The normalized spacial score (nSPS) is 14.4. The molecule has 1 saturated carbocycles. The lowest BCUT2D eigenvalue weighted by Crippen LogP contribution is -2.53. The van der Waals surface area contributed by atoms with Gasteiger partial charge in [0.05, 0.1) is 10.6 Å². The molecule has 0 saturated heterocycles. The summed E-state index contributed by atoms with van der Waals surface area (Å²) in [6.07, 6.45) is 4.37. The Bertz CT molecular complexity index is 1520. The zero-order valence-corrected chi connectivity index (χ0v) is 26.3. The molecule has 224 valence electrons. The van der Waals surface area contributed by atoms with Crippen molar-refractivity contribution in [2.75, 3.05) is 10.8 Å². The van der Waals surface area contributed by atoms with Gasteiger partial charge in [0, 0.05) is 17.6 Å². The Morgan fingerprint density at radius 2 is 1.64 bits per heavy atom. The molecular weight excluding hydrogens is 570 g/mol. The molecule has 0 radical (unpaired) electrons. The highest BCUT2D eigenvalue weighted by Gasteiger charge is 2.35. The number of rotatable bonds is 11. The second-order valence-corrected chi connectivity index (χ2v) is 13.5. The third-order valence-corrected chi connectivity index (χ3v) is 9.85. The Morgan fingerprint density at radius 3 is 2.26 bits per heavy atom. The number of hydrogen-bond donors (Lipinski definition) is 1. The van der Waals surface area contributed by atoms with Gasteiger partial charge >= 0.3 is 0 Å². The molecule has 0 aromatic heterocycles. The first-order valence-electron chi connectivity index (χ1n) is 14.5. The second kappa shape index (κ2) is 13.7. The zero-order valence-electron chi connectivity index (χ0n) is 24.8. The lowest BCUT2D eigenvalue weighted by Gasteiger charge is -2.34. The molecule has 9 heteroatoms. The minimum Gasteiger partial charge on any atom is -0.352 e. The average molecular weight is 610 g/mol. The number of amides is 2. The summed E-state index contributed by atoms with van der Waals surface area (Å²) in [6.45, 7) is 7.19. The van der Waals surface area contributed by atoms with Gasteiger partial charge in [-0.15, -0.1) is 0 Å². The SMILES string of the molecule is CCC(C(=O)NC1CCCC1)N(Cc1cccc(C)c1)C(=O)CN(c1ccc(Cl)cc1C)S(=O)(=O)c1ccc(C)cc1. The highest BCUT2D eigenvalue weighted by molar-refractivity contribution is 7.92. The van der Waals surface area contributed by atoms with Crippen molar-refractivity contribution in [1.29, 1.82) is 0 Å². The molecule has 3 aromatic carbocycles. The predicted octanol–water partition coefficient (Wildman–Crippen LogP) is 6.33. The lowest BCUT2D eigenvalue weighted by molar-refractivity contribution is -0.140. The first-order chi connectivity index (χ1) is 20.0. The van der Waals surface area contributed by atoms with E-state index in [4.69, 9.17) is 11.6 Å². The minimum absolute atomic E-state index is 0.0755. The van der Waals surface area contributed by atoms with Gasteiger partial charge in [-0.1, -0.05) is 78.9 Å². The molecule has 1 N–H and O–H groups in total. The van der Waals surface area contributed by atoms with Crippen molar-refractivity contribution in [3.8, 4) is 0 Å². The smallest absolute Gasteiger partial charge is 0.264 e. The van der Waals surface area contributed by atoms with Crippen LogP contribution in [0.1, 0.15) is 61.3 Å². The largest absolute Gasteiger partial charge is 0.352 e. The Kier molecular flexibility index (Phi) is 10.3. The summed E-state index contributed by atoms with van der Waals surface area (Å²) in [5, 5.41) is 3.61. The summed E-state index contributed by atoms with van der Waals surface area (Å²) in [5.41, 5.74) is 3.78. The van der Waals surface area contributed by atoms with E-state index >= 15 is 0 Å². The van der Waals surface area contributed by atoms with Crippen LogP contribution in [0.3, 0.4) is 0 Å². The number of benzene rings is 3. The van der Waals surface area contributed by atoms with E-state index in [-0.39, 0.29) is 23.4 Å². The van der Waals surface area contributed by atoms with Crippen LogP contribution in [0, 0.1) is 20.8 Å². The molecule has 2 amide bonds. The van der Waals surface area contributed by atoms with Gasteiger partial charge in [-0.3, -0.25) is 13.9 Å². The van der Waals surface area contributed by atoms with Crippen molar-refractivity contribution >= 4 is 39.1 Å². The van der Waals surface area contributed by atoms with E-state index in [2.05, 4.69) is 5.32 Å². The zero-order chi connectivity index (χ0) is 30.4. The van der Waals surface area contributed by atoms with Gasteiger partial charge in [-0.05, 0) is 81.5 Å². The molecule has 0 spiro atoms. The van der Waals surface area contributed by atoms with E-state index in [1.807, 2.05) is 45.0 Å². The number of anilines is 1. The van der Waals surface area contributed by atoms with Crippen molar-refractivity contribution in [3.05, 3.63) is 94.0 Å². The first kappa shape index (κ1) is 31.6. The number of nitrogens with zero attached hydrogens (tertiary/aromatic N) is 2. The van der Waals surface area contributed by atoms with Gasteiger partial charge in [0.15, 0.2) is 0 Å². The fourth-order valence-corrected chi connectivity index (χ4v) is 7.25. The van der Waals surface area contributed by atoms with Crippen LogP contribution in [0.25, 0.3) is 0 Å². The van der Waals surface area contributed by atoms with Crippen molar-refractivity contribution in [2.24, 2.45) is 0 Å². The highest BCUT2D eigenvalue weighted by atomic mass is 35.5. The minimum atomic E-state index is -4.14. The topological polar surface area (TPSA) is 86.8 Å². The maximum absolute atomic E-state index is 14.3. The molecule has 0 heterocycles. The molecule has 1 aliphatic carbocycles.